The number of aliphatic hydroxyl groups is 1. The van der Waals surface area contributed by atoms with E-state index in [1.165, 1.54) is 19.2 Å². The number of benzene rings is 1. The van der Waals surface area contributed by atoms with E-state index < -0.39 is 27.5 Å². The van der Waals surface area contributed by atoms with Crippen LogP contribution in [0.15, 0.2) is 24.3 Å². The first-order chi connectivity index (χ1) is 7.90. The van der Waals surface area contributed by atoms with Crippen LogP contribution in [-0.4, -0.2) is 44.5 Å². The number of carbonyl (C=O) groups is 1. The fraction of sp³-hybridized carbons (Fsp3) is 0.364. The Morgan fingerprint density at radius 1 is 1.35 bits per heavy atom. The Morgan fingerprint density at radius 2 is 1.88 bits per heavy atom. The molecule has 0 saturated heterocycles. The lowest BCUT2D eigenvalue weighted by Gasteiger charge is -2.11. The smallest absolute Gasteiger partial charge is 0.183 e. The second-order valence-electron chi connectivity index (χ2n) is 3.59. The normalized spacial score (nSPS) is 13.1. The number of carbonyl (C=O) groups excluding carboxylic acids is 1. The number of aliphatic hydroxyl groups excluding tert-OH is 1. The largest absolute Gasteiger partial charge is 0.497 e. The van der Waals surface area contributed by atoms with Crippen LogP contribution >= 0.6 is 0 Å². The van der Waals surface area contributed by atoms with E-state index in [2.05, 4.69) is 0 Å². The number of ether oxygens (including phenoxy) is 1. The summed E-state index contributed by atoms with van der Waals surface area (Å²) in [4.78, 5) is 11.8. The van der Waals surface area contributed by atoms with Crippen LogP contribution in [0, 0.1) is 0 Å². The number of Topliss-reactive ketones (excluding diaryl/α,β-unsaturated/α-hetero) is 1. The lowest BCUT2D eigenvalue weighted by Crippen LogP contribution is -2.33. The van der Waals surface area contributed by atoms with E-state index in [0.717, 1.165) is 6.26 Å². The van der Waals surface area contributed by atoms with E-state index in [0.29, 0.717) is 5.75 Å². The third-order valence-electron chi connectivity index (χ3n) is 2.35. The van der Waals surface area contributed by atoms with Crippen molar-refractivity contribution in [1.82, 2.24) is 0 Å². The van der Waals surface area contributed by atoms with Crippen molar-refractivity contribution >= 4 is 15.6 Å². The maximum absolute atomic E-state index is 11.8. The predicted molar refractivity (Wildman–Crippen MR) is 63.0 cm³/mol. The fourth-order valence-electron chi connectivity index (χ4n) is 1.35. The predicted octanol–water partition coefficient (Wildman–Crippen LogP) is 0.283. The maximum Gasteiger partial charge on any atom is 0.183 e. The minimum atomic E-state index is -3.61. The van der Waals surface area contributed by atoms with E-state index in [1.54, 1.807) is 12.1 Å². The van der Waals surface area contributed by atoms with Crippen LogP contribution in [0.2, 0.25) is 0 Å². The molecule has 17 heavy (non-hydrogen) atoms. The van der Waals surface area contributed by atoms with Crippen LogP contribution in [0.1, 0.15) is 10.4 Å². The molecule has 0 unspecified atom stereocenters. The van der Waals surface area contributed by atoms with E-state index in [9.17, 15) is 13.2 Å². The Bertz CT molecular complexity index is 489. The second kappa shape index (κ2) is 5.29. The third kappa shape index (κ3) is 3.28. The summed E-state index contributed by atoms with van der Waals surface area (Å²) in [5, 5.41) is 7.56. The summed E-state index contributed by atoms with van der Waals surface area (Å²) in [6.45, 7) is -0.719. The molecule has 1 N–H and O–H groups in total. The van der Waals surface area contributed by atoms with Gasteiger partial charge >= 0.3 is 0 Å². The van der Waals surface area contributed by atoms with Crippen molar-refractivity contribution in [3.8, 4) is 5.75 Å². The van der Waals surface area contributed by atoms with Gasteiger partial charge in [-0.1, -0.05) is 0 Å². The molecular weight excluding hydrogens is 244 g/mol. The molecule has 0 amide bonds. The number of ketones is 1. The van der Waals surface area contributed by atoms with Gasteiger partial charge in [0.1, 0.15) is 11.0 Å². The summed E-state index contributed by atoms with van der Waals surface area (Å²) < 4.78 is 27.5. The number of rotatable bonds is 5. The maximum atomic E-state index is 11.8. The molecule has 6 heteroatoms. The highest BCUT2D eigenvalue weighted by molar-refractivity contribution is 7.92. The first kappa shape index (κ1) is 13.7. The van der Waals surface area contributed by atoms with Gasteiger partial charge in [0.25, 0.3) is 0 Å². The fourth-order valence-corrected chi connectivity index (χ4v) is 2.15. The Kier molecular flexibility index (Phi) is 4.25. The average Bonchev–Trinajstić information content (AvgIpc) is 2.28. The van der Waals surface area contributed by atoms with Gasteiger partial charge in [-0.05, 0) is 24.3 Å². The standard InChI is InChI=1S/C11H14O5S/c1-16-9-5-3-8(4-6-9)11(13)10(7-12)17(2,14)15/h3-6,10,12H,7H2,1-2H3/t10-/m0/s1. The average molecular weight is 258 g/mol. The Hall–Kier alpha value is -1.40. The Labute approximate surface area is 100.0 Å². The van der Waals surface area contributed by atoms with Crippen LogP contribution in [0.25, 0.3) is 0 Å². The SMILES string of the molecule is COc1ccc(C(=O)[C@H](CO)S(C)(=O)=O)cc1. The minimum Gasteiger partial charge on any atom is -0.497 e. The van der Waals surface area contributed by atoms with Gasteiger partial charge in [-0.3, -0.25) is 4.79 Å². The highest BCUT2D eigenvalue weighted by Crippen LogP contribution is 2.15. The molecular formula is C11H14O5S. The summed E-state index contributed by atoms with van der Waals surface area (Å²) >= 11 is 0. The Balaban J connectivity index is 3.02. The molecule has 0 bridgehead atoms. The lowest BCUT2D eigenvalue weighted by atomic mass is 10.1. The number of methoxy groups -OCH3 is 1. The van der Waals surface area contributed by atoms with Gasteiger partial charge in [0, 0.05) is 11.8 Å². The zero-order chi connectivity index (χ0) is 13.1. The summed E-state index contributed by atoms with van der Waals surface area (Å²) in [5.74, 6) is -0.0425. The van der Waals surface area contributed by atoms with Gasteiger partial charge < -0.3 is 9.84 Å². The van der Waals surface area contributed by atoms with Crippen LogP contribution in [0.5, 0.6) is 5.75 Å². The van der Waals surface area contributed by atoms with Crippen molar-refractivity contribution in [2.75, 3.05) is 20.0 Å². The topological polar surface area (TPSA) is 80.7 Å². The van der Waals surface area contributed by atoms with Crippen molar-refractivity contribution in [3.63, 3.8) is 0 Å². The quantitative estimate of drug-likeness (QED) is 0.767. The molecule has 1 rings (SSSR count). The molecule has 0 aromatic heterocycles. The zero-order valence-corrected chi connectivity index (χ0v) is 10.4. The molecule has 5 nitrogen and oxygen atoms in total. The molecule has 0 spiro atoms. The van der Waals surface area contributed by atoms with Gasteiger partial charge in [0.2, 0.25) is 0 Å². The van der Waals surface area contributed by atoms with Crippen molar-refractivity contribution in [1.29, 1.82) is 0 Å². The molecule has 0 radical (unpaired) electrons. The first-order valence-corrected chi connectivity index (χ1v) is 6.83. The first-order valence-electron chi connectivity index (χ1n) is 4.88. The van der Waals surface area contributed by atoms with E-state index in [4.69, 9.17) is 9.84 Å². The van der Waals surface area contributed by atoms with E-state index in [1.807, 2.05) is 0 Å². The monoisotopic (exact) mass is 258 g/mol. The van der Waals surface area contributed by atoms with Gasteiger partial charge in [-0.25, -0.2) is 8.42 Å². The number of sulfone groups is 1. The summed E-state index contributed by atoms with van der Waals surface area (Å²) in [7, 11) is -2.12. The van der Waals surface area contributed by atoms with Crippen molar-refractivity contribution < 1.29 is 23.1 Å². The molecule has 1 aromatic rings. The van der Waals surface area contributed by atoms with Gasteiger partial charge in [0.15, 0.2) is 15.6 Å². The number of hydrogen-bond acceptors (Lipinski definition) is 5. The molecule has 0 saturated carbocycles. The molecule has 1 atom stereocenters. The molecule has 0 fully saturated rings. The highest BCUT2D eigenvalue weighted by Gasteiger charge is 2.28. The van der Waals surface area contributed by atoms with Crippen LogP contribution in [0.3, 0.4) is 0 Å². The molecule has 1 aromatic carbocycles. The summed E-state index contributed by atoms with van der Waals surface area (Å²) in [5.41, 5.74) is 0.232. The van der Waals surface area contributed by atoms with Gasteiger partial charge in [-0.2, -0.15) is 0 Å². The van der Waals surface area contributed by atoms with Crippen LogP contribution < -0.4 is 4.74 Å². The minimum absolute atomic E-state index is 0.232. The molecule has 0 aliphatic heterocycles. The molecule has 94 valence electrons. The molecule has 0 aliphatic rings. The molecule has 0 aliphatic carbocycles. The second-order valence-corrected chi connectivity index (χ2v) is 5.82. The van der Waals surface area contributed by atoms with Gasteiger partial charge in [0.05, 0.1) is 13.7 Å². The summed E-state index contributed by atoms with van der Waals surface area (Å²) in [6.07, 6.45) is 0.926. The van der Waals surface area contributed by atoms with E-state index in [-0.39, 0.29) is 5.56 Å². The van der Waals surface area contributed by atoms with Crippen molar-refractivity contribution in [2.45, 2.75) is 5.25 Å². The molecule has 0 heterocycles. The third-order valence-corrected chi connectivity index (χ3v) is 3.75. The lowest BCUT2D eigenvalue weighted by molar-refractivity contribution is 0.0962. The zero-order valence-electron chi connectivity index (χ0n) is 9.58. The van der Waals surface area contributed by atoms with Crippen molar-refractivity contribution in [2.24, 2.45) is 0 Å². The van der Waals surface area contributed by atoms with Crippen LogP contribution in [0.4, 0.5) is 0 Å². The van der Waals surface area contributed by atoms with Gasteiger partial charge in [-0.15, -0.1) is 0 Å². The van der Waals surface area contributed by atoms with Crippen LogP contribution in [-0.2, 0) is 9.84 Å². The highest BCUT2D eigenvalue weighted by atomic mass is 32.2. The van der Waals surface area contributed by atoms with Crippen molar-refractivity contribution in [3.05, 3.63) is 29.8 Å². The summed E-state index contributed by atoms with van der Waals surface area (Å²) in [6, 6.07) is 6.05. The number of hydrogen-bond donors (Lipinski definition) is 1. The van der Waals surface area contributed by atoms with E-state index >= 15 is 0 Å². The Morgan fingerprint density at radius 3 is 2.24 bits per heavy atom.